The highest BCUT2D eigenvalue weighted by Gasteiger charge is 2.29. The number of benzene rings is 1. The molecule has 0 spiro atoms. The molecule has 1 saturated heterocycles. The summed E-state index contributed by atoms with van der Waals surface area (Å²) in [6.45, 7) is 1.51. The van der Waals surface area contributed by atoms with Crippen LogP contribution in [0.2, 0.25) is 0 Å². The fourth-order valence-electron chi connectivity index (χ4n) is 1.85. The number of hydrogen-bond donors (Lipinski definition) is 2. The number of nitrogens with one attached hydrogen (secondary N) is 1. The van der Waals surface area contributed by atoms with Gasteiger partial charge in [0.15, 0.2) is 0 Å². The summed E-state index contributed by atoms with van der Waals surface area (Å²) in [5.41, 5.74) is 1.20. The van der Waals surface area contributed by atoms with Crippen LogP contribution >= 0.6 is 27.7 Å². The van der Waals surface area contributed by atoms with Crippen molar-refractivity contribution in [2.45, 2.75) is 11.0 Å². The van der Waals surface area contributed by atoms with Crippen LogP contribution in [0.4, 0.5) is 0 Å². The van der Waals surface area contributed by atoms with Gasteiger partial charge in [0.25, 0.3) is 0 Å². The summed E-state index contributed by atoms with van der Waals surface area (Å²) in [5.74, 6) is -0.920. The minimum absolute atomic E-state index is 0.0134. The quantitative estimate of drug-likeness (QED) is 0.498. The number of piperazine rings is 1. The number of halogens is 2. The average molecular weight is 320 g/mol. The number of hydrogen-bond acceptors (Lipinski definition) is 3. The Morgan fingerprint density at radius 2 is 2.35 bits per heavy atom. The van der Waals surface area contributed by atoms with E-state index in [1.165, 1.54) is 0 Å². The van der Waals surface area contributed by atoms with E-state index in [0.717, 1.165) is 18.7 Å². The Labute approximate surface area is 113 Å². The van der Waals surface area contributed by atoms with Crippen molar-refractivity contribution in [3.63, 3.8) is 0 Å². The van der Waals surface area contributed by atoms with Gasteiger partial charge in [-0.2, -0.15) is 0 Å². The first-order chi connectivity index (χ1) is 8.09. The van der Waals surface area contributed by atoms with E-state index in [1.54, 1.807) is 22.6 Å². The first kappa shape index (κ1) is 12.8. The van der Waals surface area contributed by atoms with Crippen LogP contribution in [0.15, 0.2) is 24.3 Å². The standard InChI is InChI=1S/C11H12BrClN2O2/c12-10-9(14-4-5-15(10)13)7-2-1-3-8(6-7)11(16)17/h1-3,6,9-10,14H,4-5H2,(H,16,17). The molecule has 2 atom stereocenters. The molecule has 92 valence electrons. The van der Waals surface area contributed by atoms with Crippen molar-refractivity contribution in [3.8, 4) is 0 Å². The molecule has 6 heteroatoms. The van der Waals surface area contributed by atoms with Crippen molar-refractivity contribution < 1.29 is 9.90 Å². The van der Waals surface area contributed by atoms with Gasteiger partial charge >= 0.3 is 5.97 Å². The normalized spacial score (nSPS) is 25.8. The second-order valence-electron chi connectivity index (χ2n) is 3.86. The Kier molecular flexibility index (Phi) is 4.04. The molecule has 1 aromatic carbocycles. The fourth-order valence-corrected chi connectivity index (χ4v) is 2.75. The van der Waals surface area contributed by atoms with E-state index in [4.69, 9.17) is 16.9 Å². The molecule has 0 amide bonds. The number of rotatable bonds is 2. The van der Waals surface area contributed by atoms with Crippen LogP contribution in [-0.4, -0.2) is 33.5 Å². The second-order valence-corrected chi connectivity index (χ2v) is 5.23. The van der Waals surface area contributed by atoms with Crippen molar-refractivity contribution >= 4 is 33.7 Å². The van der Waals surface area contributed by atoms with Gasteiger partial charge in [-0.05, 0) is 29.5 Å². The second kappa shape index (κ2) is 5.35. The van der Waals surface area contributed by atoms with Crippen molar-refractivity contribution in [2.24, 2.45) is 0 Å². The van der Waals surface area contributed by atoms with Crippen molar-refractivity contribution in [1.82, 2.24) is 9.74 Å². The Bertz CT molecular complexity index is 430. The molecule has 1 aliphatic heterocycles. The maximum absolute atomic E-state index is 10.9. The maximum atomic E-state index is 10.9. The molecule has 2 unspecified atom stereocenters. The summed E-state index contributed by atoms with van der Waals surface area (Å²) < 4.78 is 1.68. The summed E-state index contributed by atoms with van der Waals surface area (Å²) in [7, 11) is 0. The van der Waals surface area contributed by atoms with E-state index >= 15 is 0 Å². The van der Waals surface area contributed by atoms with Crippen LogP contribution in [0, 0.1) is 0 Å². The molecule has 1 aromatic rings. The van der Waals surface area contributed by atoms with Crippen LogP contribution in [0.1, 0.15) is 22.0 Å². The number of nitrogens with zero attached hydrogens (tertiary/aromatic N) is 1. The molecule has 2 rings (SSSR count). The molecule has 4 nitrogen and oxygen atoms in total. The van der Waals surface area contributed by atoms with Crippen LogP contribution in [0.3, 0.4) is 0 Å². The van der Waals surface area contributed by atoms with Gasteiger partial charge in [0.2, 0.25) is 0 Å². The van der Waals surface area contributed by atoms with Crippen molar-refractivity contribution in [1.29, 1.82) is 0 Å². The highest BCUT2D eigenvalue weighted by atomic mass is 79.9. The Hall–Kier alpha value is -0.620. The van der Waals surface area contributed by atoms with Gasteiger partial charge < -0.3 is 10.4 Å². The molecule has 2 N–H and O–H groups in total. The zero-order valence-corrected chi connectivity index (χ0v) is 11.3. The number of aromatic carboxylic acids is 1. The minimum atomic E-state index is -0.920. The largest absolute Gasteiger partial charge is 0.478 e. The lowest BCUT2D eigenvalue weighted by Gasteiger charge is -2.34. The molecular formula is C11H12BrClN2O2. The molecule has 0 aliphatic carbocycles. The van der Waals surface area contributed by atoms with E-state index in [2.05, 4.69) is 21.2 Å². The number of carbonyl (C=O) groups is 1. The van der Waals surface area contributed by atoms with E-state index < -0.39 is 5.97 Å². The van der Waals surface area contributed by atoms with E-state index in [0.29, 0.717) is 0 Å². The molecule has 1 aliphatic rings. The Morgan fingerprint density at radius 1 is 1.59 bits per heavy atom. The van der Waals surface area contributed by atoms with E-state index in [-0.39, 0.29) is 16.6 Å². The first-order valence-electron chi connectivity index (χ1n) is 5.23. The number of carboxylic acids is 1. The zero-order valence-electron chi connectivity index (χ0n) is 8.94. The van der Waals surface area contributed by atoms with Gasteiger partial charge in [-0.15, -0.1) is 0 Å². The van der Waals surface area contributed by atoms with Crippen LogP contribution < -0.4 is 5.32 Å². The third-order valence-corrected chi connectivity index (χ3v) is 4.36. The highest BCUT2D eigenvalue weighted by molar-refractivity contribution is 9.09. The van der Waals surface area contributed by atoms with Gasteiger partial charge in [0, 0.05) is 13.1 Å². The SMILES string of the molecule is O=C(O)c1cccc(C2NCCN(Cl)C2Br)c1. The summed E-state index contributed by atoms with van der Waals surface area (Å²) in [5, 5.41) is 12.3. The molecule has 0 radical (unpaired) electrons. The van der Waals surface area contributed by atoms with Gasteiger partial charge in [0.1, 0.15) is 0 Å². The van der Waals surface area contributed by atoms with Gasteiger partial charge in [-0.1, -0.05) is 28.1 Å². The Balaban J connectivity index is 2.26. The lowest BCUT2D eigenvalue weighted by Crippen LogP contribution is -2.46. The van der Waals surface area contributed by atoms with Crippen molar-refractivity contribution in [3.05, 3.63) is 35.4 Å². The molecule has 1 fully saturated rings. The predicted octanol–water partition coefficient (Wildman–Crippen LogP) is 2.21. The lowest BCUT2D eigenvalue weighted by molar-refractivity contribution is 0.0696. The molecule has 17 heavy (non-hydrogen) atoms. The molecule has 0 saturated carbocycles. The Morgan fingerprint density at radius 3 is 3.06 bits per heavy atom. The summed E-state index contributed by atoms with van der Waals surface area (Å²) in [6.07, 6.45) is 0. The monoisotopic (exact) mass is 318 g/mol. The van der Waals surface area contributed by atoms with Gasteiger partial charge in [-0.25, -0.2) is 9.21 Å². The topological polar surface area (TPSA) is 52.6 Å². The summed E-state index contributed by atoms with van der Waals surface area (Å²) in [6, 6.07) is 6.88. The van der Waals surface area contributed by atoms with Crippen LogP contribution in [0.25, 0.3) is 0 Å². The molecule has 0 bridgehead atoms. The smallest absolute Gasteiger partial charge is 0.335 e. The zero-order chi connectivity index (χ0) is 12.4. The lowest BCUT2D eigenvalue weighted by atomic mass is 10.0. The first-order valence-corrected chi connectivity index (χ1v) is 6.48. The average Bonchev–Trinajstić information content (AvgIpc) is 2.33. The number of alkyl halides is 1. The van der Waals surface area contributed by atoms with Crippen LogP contribution in [0.5, 0.6) is 0 Å². The van der Waals surface area contributed by atoms with E-state index in [9.17, 15) is 4.79 Å². The minimum Gasteiger partial charge on any atom is -0.478 e. The molecule has 1 heterocycles. The fraction of sp³-hybridized carbons (Fsp3) is 0.364. The number of carboxylic acid groups (broad SMARTS) is 1. The van der Waals surface area contributed by atoms with Crippen molar-refractivity contribution in [2.75, 3.05) is 13.1 Å². The van der Waals surface area contributed by atoms with Crippen LogP contribution in [-0.2, 0) is 0 Å². The maximum Gasteiger partial charge on any atom is 0.335 e. The van der Waals surface area contributed by atoms with Gasteiger partial charge in [0.05, 0.1) is 16.6 Å². The molecular weight excluding hydrogens is 307 g/mol. The predicted molar refractivity (Wildman–Crippen MR) is 69.4 cm³/mol. The third-order valence-electron chi connectivity index (χ3n) is 2.73. The third kappa shape index (κ3) is 2.80. The van der Waals surface area contributed by atoms with E-state index in [1.807, 2.05) is 6.07 Å². The summed E-state index contributed by atoms with van der Waals surface area (Å²) in [4.78, 5) is 10.9. The van der Waals surface area contributed by atoms with Gasteiger partial charge in [-0.3, -0.25) is 0 Å². The highest BCUT2D eigenvalue weighted by Crippen LogP contribution is 2.29. The summed E-state index contributed by atoms with van der Waals surface area (Å²) >= 11 is 9.55. The molecule has 0 aromatic heterocycles.